The van der Waals surface area contributed by atoms with E-state index in [9.17, 15) is 19.8 Å². The van der Waals surface area contributed by atoms with Crippen molar-refractivity contribution in [3.8, 4) is 0 Å². The van der Waals surface area contributed by atoms with E-state index in [-0.39, 0.29) is 30.9 Å². The number of rotatable bonds is 2. The molecule has 104 valence electrons. The van der Waals surface area contributed by atoms with E-state index in [1.54, 1.807) is 38.1 Å². The number of carbonyl (C=O) groups is 2. The van der Waals surface area contributed by atoms with Crippen LogP contribution in [0.1, 0.15) is 32.1 Å². The molecule has 0 N–H and O–H groups in total. The van der Waals surface area contributed by atoms with Crippen LogP contribution in [0.3, 0.4) is 0 Å². The summed E-state index contributed by atoms with van der Waals surface area (Å²) in [5.41, 5.74) is 1.29. The van der Waals surface area contributed by atoms with Crippen LogP contribution in [0.4, 0.5) is 0 Å². The summed E-state index contributed by atoms with van der Waals surface area (Å²) in [5, 5.41) is 20.5. The predicted molar refractivity (Wildman–Crippen MR) is 66.6 cm³/mol. The summed E-state index contributed by atoms with van der Waals surface area (Å²) in [4.78, 5) is 27.7. The first-order chi connectivity index (χ1) is 9.43. The molecular formula is C14H12N2O4Zn. The fraction of sp³-hybridized carbons (Fsp3) is 0.143. The van der Waals surface area contributed by atoms with Gasteiger partial charge in [-0.1, -0.05) is 12.1 Å². The molecule has 0 aliphatic rings. The summed E-state index contributed by atoms with van der Waals surface area (Å²) < 4.78 is 0. The van der Waals surface area contributed by atoms with Gasteiger partial charge in [0.2, 0.25) is 0 Å². The fourth-order valence-corrected chi connectivity index (χ4v) is 1.40. The van der Waals surface area contributed by atoms with Gasteiger partial charge in [0, 0.05) is 12.4 Å². The molecule has 0 saturated carbocycles. The summed E-state index contributed by atoms with van der Waals surface area (Å²) >= 11 is 0. The zero-order chi connectivity index (χ0) is 15.1. The average Bonchev–Trinajstić information content (AvgIpc) is 2.40. The third-order valence-corrected chi connectivity index (χ3v) is 2.41. The van der Waals surface area contributed by atoms with Crippen molar-refractivity contribution in [2.45, 2.75) is 13.8 Å². The monoisotopic (exact) mass is 336 g/mol. The van der Waals surface area contributed by atoms with Gasteiger partial charge in [0.15, 0.2) is 0 Å². The van der Waals surface area contributed by atoms with Crippen LogP contribution in [0.2, 0.25) is 0 Å². The van der Waals surface area contributed by atoms with Gasteiger partial charge < -0.3 is 19.8 Å². The Labute approximate surface area is 134 Å². The second kappa shape index (κ2) is 8.92. The van der Waals surface area contributed by atoms with E-state index >= 15 is 0 Å². The molecule has 7 heteroatoms. The fourth-order valence-electron chi connectivity index (χ4n) is 1.40. The predicted octanol–water partition coefficient (Wildman–Crippen LogP) is -0.495. The van der Waals surface area contributed by atoms with Crippen LogP contribution in [0.15, 0.2) is 36.7 Å². The van der Waals surface area contributed by atoms with Gasteiger partial charge in [0.05, 0.1) is 23.3 Å². The van der Waals surface area contributed by atoms with Gasteiger partial charge in [0.25, 0.3) is 0 Å². The molecule has 0 bridgehead atoms. The standard InChI is InChI=1S/2C7H7NO2.Zn/c2*1-5-3-2-4-8-6(5)7(9)10;/h2*2-4H,1H3,(H,9,10);/q;;+2/p-2. The molecule has 2 heterocycles. The van der Waals surface area contributed by atoms with Gasteiger partial charge in [-0.15, -0.1) is 0 Å². The summed E-state index contributed by atoms with van der Waals surface area (Å²) in [7, 11) is 0. The number of pyridine rings is 2. The average molecular weight is 338 g/mol. The molecule has 6 nitrogen and oxygen atoms in total. The minimum Gasteiger partial charge on any atom is -0.543 e. The number of carboxylic acid groups (broad SMARTS) is 2. The van der Waals surface area contributed by atoms with Gasteiger partial charge in [0.1, 0.15) is 0 Å². The molecule has 0 aromatic carbocycles. The van der Waals surface area contributed by atoms with Crippen LogP contribution < -0.4 is 10.2 Å². The summed E-state index contributed by atoms with van der Waals surface area (Å²) in [6.45, 7) is 3.36. The number of aromatic carboxylic acids is 2. The van der Waals surface area contributed by atoms with E-state index in [1.807, 2.05) is 0 Å². The van der Waals surface area contributed by atoms with Crippen molar-refractivity contribution in [1.82, 2.24) is 9.97 Å². The molecule has 0 amide bonds. The van der Waals surface area contributed by atoms with Crippen molar-refractivity contribution in [1.29, 1.82) is 0 Å². The van der Waals surface area contributed by atoms with Gasteiger partial charge in [-0.3, -0.25) is 9.97 Å². The zero-order valence-corrected chi connectivity index (χ0v) is 14.7. The molecule has 0 fully saturated rings. The number of aromatic nitrogens is 2. The second-order valence-electron chi connectivity index (χ2n) is 3.91. The molecule has 0 aliphatic carbocycles. The van der Waals surface area contributed by atoms with Crippen LogP contribution in [-0.2, 0) is 19.5 Å². The van der Waals surface area contributed by atoms with Gasteiger partial charge in [-0.05, 0) is 37.1 Å². The number of hydrogen-bond acceptors (Lipinski definition) is 6. The van der Waals surface area contributed by atoms with Crippen LogP contribution >= 0.6 is 0 Å². The van der Waals surface area contributed by atoms with E-state index in [0.717, 1.165) is 0 Å². The molecule has 2 aromatic rings. The maximum absolute atomic E-state index is 10.2. The van der Waals surface area contributed by atoms with Crippen molar-refractivity contribution in [2.24, 2.45) is 0 Å². The topological polar surface area (TPSA) is 106 Å². The molecule has 0 aliphatic heterocycles. The molecule has 2 rings (SSSR count). The molecular weight excluding hydrogens is 326 g/mol. The molecule has 2 aromatic heterocycles. The Morgan fingerprint density at radius 1 is 0.857 bits per heavy atom. The first-order valence-electron chi connectivity index (χ1n) is 5.69. The van der Waals surface area contributed by atoms with Crippen LogP contribution in [-0.4, -0.2) is 21.9 Å². The Hall–Kier alpha value is -2.14. The summed E-state index contributed by atoms with van der Waals surface area (Å²) in [6, 6.07) is 6.72. The van der Waals surface area contributed by atoms with E-state index in [0.29, 0.717) is 11.1 Å². The van der Waals surface area contributed by atoms with Gasteiger partial charge >= 0.3 is 19.5 Å². The minimum absolute atomic E-state index is 0. The molecule has 21 heavy (non-hydrogen) atoms. The maximum atomic E-state index is 10.2. The molecule has 0 atom stereocenters. The van der Waals surface area contributed by atoms with E-state index in [4.69, 9.17) is 0 Å². The van der Waals surface area contributed by atoms with E-state index in [2.05, 4.69) is 9.97 Å². The second-order valence-corrected chi connectivity index (χ2v) is 3.91. The number of nitrogens with zero attached hydrogens (tertiary/aromatic N) is 2. The first-order valence-corrected chi connectivity index (χ1v) is 5.69. The Kier molecular flexibility index (Phi) is 8.01. The van der Waals surface area contributed by atoms with E-state index < -0.39 is 11.9 Å². The van der Waals surface area contributed by atoms with Gasteiger partial charge in [-0.25, -0.2) is 0 Å². The van der Waals surface area contributed by atoms with Crippen molar-refractivity contribution >= 4 is 11.9 Å². The van der Waals surface area contributed by atoms with Crippen molar-refractivity contribution < 1.29 is 39.3 Å². The number of carbonyl (C=O) groups excluding carboxylic acids is 2. The third-order valence-electron chi connectivity index (χ3n) is 2.41. The Morgan fingerprint density at radius 2 is 1.19 bits per heavy atom. The normalized spacial score (nSPS) is 8.86. The van der Waals surface area contributed by atoms with Gasteiger partial charge in [-0.2, -0.15) is 0 Å². The number of hydrogen-bond donors (Lipinski definition) is 0. The van der Waals surface area contributed by atoms with Crippen molar-refractivity contribution in [3.63, 3.8) is 0 Å². The number of carboxylic acids is 2. The van der Waals surface area contributed by atoms with Crippen LogP contribution in [0, 0.1) is 13.8 Å². The van der Waals surface area contributed by atoms with Crippen LogP contribution in [0.5, 0.6) is 0 Å². The summed E-state index contributed by atoms with van der Waals surface area (Å²) in [5.74, 6) is -2.45. The Balaban J connectivity index is 0.000000364. The SMILES string of the molecule is Cc1cccnc1C(=O)[O-].Cc1cccnc1C(=O)[O-].[Zn+2]. The largest absolute Gasteiger partial charge is 2.00 e. The quantitative estimate of drug-likeness (QED) is 0.684. The molecule has 0 spiro atoms. The van der Waals surface area contributed by atoms with Crippen molar-refractivity contribution in [2.75, 3.05) is 0 Å². The molecule has 0 unspecified atom stereocenters. The maximum Gasteiger partial charge on any atom is 2.00 e. The molecule has 0 saturated heterocycles. The Bertz CT molecular complexity index is 576. The molecule has 0 radical (unpaired) electrons. The zero-order valence-electron chi connectivity index (χ0n) is 11.7. The smallest absolute Gasteiger partial charge is 0.543 e. The Morgan fingerprint density at radius 3 is 1.38 bits per heavy atom. The van der Waals surface area contributed by atoms with Crippen LogP contribution in [0.25, 0.3) is 0 Å². The minimum atomic E-state index is -1.22. The van der Waals surface area contributed by atoms with Crippen molar-refractivity contribution in [3.05, 3.63) is 59.2 Å². The number of aryl methyl sites for hydroxylation is 2. The summed E-state index contributed by atoms with van der Waals surface area (Å²) in [6.07, 6.45) is 2.86. The van der Waals surface area contributed by atoms with E-state index in [1.165, 1.54) is 12.4 Å². The third kappa shape index (κ3) is 5.79. The first kappa shape index (κ1) is 18.9.